The summed E-state index contributed by atoms with van der Waals surface area (Å²) in [7, 11) is -3.58. The fourth-order valence-electron chi connectivity index (χ4n) is 2.39. The van der Waals surface area contributed by atoms with E-state index < -0.39 is 16.1 Å². The highest BCUT2D eigenvalue weighted by Gasteiger charge is 2.31. The van der Waals surface area contributed by atoms with Crippen molar-refractivity contribution in [2.24, 2.45) is 0 Å². The lowest BCUT2D eigenvalue weighted by molar-refractivity contribution is 0.0934. The van der Waals surface area contributed by atoms with E-state index in [1.165, 1.54) is 15.4 Å². The maximum atomic E-state index is 12.7. The van der Waals surface area contributed by atoms with Gasteiger partial charge in [0.1, 0.15) is 4.21 Å². The summed E-state index contributed by atoms with van der Waals surface area (Å²) in [6.45, 7) is 3.17. The molecule has 1 aliphatic rings. The standard InChI is InChI=1S/C14H17N3O5S2/c1-2-21-14(18)16-7-9-17(10-8-16)24(19,20)13-4-3-12(23-13)11-5-6-15-22-11/h3-6H,2,7-10H2,1H3. The summed E-state index contributed by atoms with van der Waals surface area (Å²) in [6.07, 6.45) is 1.11. The maximum Gasteiger partial charge on any atom is 0.409 e. The van der Waals surface area contributed by atoms with Gasteiger partial charge in [-0.1, -0.05) is 5.16 Å². The minimum atomic E-state index is -3.58. The van der Waals surface area contributed by atoms with E-state index in [9.17, 15) is 13.2 Å². The highest BCUT2D eigenvalue weighted by Crippen LogP contribution is 2.32. The van der Waals surface area contributed by atoms with Crippen LogP contribution in [0.15, 0.2) is 33.1 Å². The summed E-state index contributed by atoms with van der Waals surface area (Å²) in [5, 5.41) is 3.62. The molecule has 10 heteroatoms. The molecule has 1 saturated heterocycles. The number of hydrogen-bond donors (Lipinski definition) is 0. The van der Waals surface area contributed by atoms with Crippen LogP contribution in [-0.4, -0.2) is 61.7 Å². The molecule has 2 aromatic rings. The number of sulfonamides is 1. The number of piperazine rings is 1. The molecule has 8 nitrogen and oxygen atoms in total. The third-order valence-corrected chi connectivity index (χ3v) is 7.09. The second kappa shape index (κ2) is 6.91. The van der Waals surface area contributed by atoms with E-state index >= 15 is 0 Å². The lowest BCUT2D eigenvalue weighted by Gasteiger charge is -2.32. The molecular formula is C14H17N3O5S2. The molecule has 0 aliphatic carbocycles. The smallest absolute Gasteiger partial charge is 0.409 e. The Balaban J connectivity index is 1.70. The van der Waals surface area contributed by atoms with Crippen molar-refractivity contribution in [1.29, 1.82) is 0 Å². The molecule has 0 N–H and O–H groups in total. The summed E-state index contributed by atoms with van der Waals surface area (Å²) < 4.78 is 37.1. The zero-order valence-electron chi connectivity index (χ0n) is 13.0. The largest absolute Gasteiger partial charge is 0.450 e. The minimum Gasteiger partial charge on any atom is -0.450 e. The SMILES string of the molecule is CCOC(=O)N1CCN(S(=O)(=O)c2ccc(-c3ccno3)s2)CC1. The van der Waals surface area contributed by atoms with Crippen molar-refractivity contribution in [3.63, 3.8) is 0 Å². The van der Waals surface area contributed by atoms with E-state index in [1.54, 1.807) is 25.1 Å². The number of carbonyl (C=O) groups is 1. The monoisotopic (exact) mass is 371 g/mol. The van der Waals surface area contributed by atoms with Gasteiger partial charge in [0.15, 0.2) is 5.76 Å². The first-order valence-electron chi connectivity index (χ1n) is 7.45. The van der Waals surface area contributed by atoms with Crippen molar-refractivity contribution in [3.8, 4) is 10.6 Å². The topological polar surface area (TPSA) is 93.0 Å². The first-order valence-corrected chi connectivity index (χ1v) is 9.70. The summed E-state index contributed by atoms with van der Waals surface area (Å²) in [5.41, 5.74) is 0. The lowest BCUT2D eigenvalue weighted by Crippen LogP contribution is -2.50. The van der Waals surface area contributed by atoms with Crippen molar-refractivity contribution in [2.75, 3.05) is 32.8 Å². The summed E-state index contributed by atoms with van der Waals surface area (Å²) in [6, 6.07) is 4.95. The van der Waals surface area contributed by atoms with Crippen molar-refractivity contribution in [1.82, 2.24) is 14.4 Å². The van der Waals surface area contributed by atoms with Crippen LogP contribution >= 0.6 is 11.3 Å². The number of nitrogens with zero attached hydrogens (tertiary/aromatic N) is 3. The first kappa shape index (κ1) is 16.9. The summed E-state index contributed by atoms with van der Waals surface area (Å²) in [4.78, 5) is 13.9. The number of amides is 1. The van der Waals surface area contributed by atoms with Gasteiger partial charge in [-0.3, -0.25) is 0 Å². The Kier molecular flexibility index (Phi) is 4.88. The molecule has 0 aromatic carbocycles. The van der Waals surface area contributed by atoms with Gasteiger partial charge in [-0.05, 0) is 19.1 Å². The van der Waals surface area contributed by atoms with Crippen LogP contribution in [0.2, 0.25) is 0 Å². The van der Waals surface area contributed by atoms with Gasteiger partial charge in [0.25, 0.3) is 10.0 Å². The van der Waals surface area contributed by atoms with Crippen molar-refractivity contribution in [2.45, 2.75) is 11.1 Å². The highest BCUT2D eigenvalue weighted by molar-refractivity contribution is 7.91. The van der Waals surface area contributed by atoms with Crippen molar-refractivity contribution in [3.05, 3.63) is 24.4 Å². The van der Waals surface area contributed by atoms with E-state index in [0.717, 1.165) is 11.3 Å². The van der Waals surface area contributed by atoms with E-state index in [1.807, 2.05) is 0 Å². The first-order chi connectivity index (χ1) is 11.5. The van der Waals surface area contributed by atoms with Crippen LogP contribution in [0, 0.1) is 0 Å². The van der Waals surface area contributed by atoms with Gasteiger partial charge in [0.05, 0.1) is 17.7 Å². The Morgan fingerprint density at radius 1 is 1.29 bits per heavy atom. The molecule has 1 aliphatic heterocycles. The van der Waals surface area contributed by atoms with Gasteiger partial charge in [0, 0.05) is 32.2 Å². The van der Waals surface area contributed by atoms with Crippen LogP contribution in [0.4, 0.5) is 4.79 Å². The lowest BCUT2D eigenvalue weighted by atomic mass is 10.4. The Bertz CT molecular complexity index is 792. The molecule has 0 radical (unpaired) electrons. The number of carbonyl (C=O) groups excluding carboxylic acids is 1. The number of thiophene rings is 1. The van der Waals surface area contributed by atoms with Gasteiger partial charge >= 0.3 is 6.09 Å². The molecule has 24 heavy (non-hydrogen) atoms. The average molecular weight is 371 g/mol. The highest BCUT2D eigenvalue weighted by atomic mass is 32.2. The van der Waals surface area contributed by atoms with Gasteiger partial charge in [-0.15, -0.1) is 11.3 Å². The van der Waals surface area contributed by atoms with Crippen LogP contribution < -0.4 is 0 Å². The number of hydrogen-bond acceptors (Lipinski definition) is 7. The van der Waals surface area contributed by atoms with Gasteiger partial charge in [0.2, 0.25) is 0 Å². The summed E-state index contributed by atoms with van der Waals surface area (Å²) in [5.74, 6) is 0.536. The molecule has 2 aromatic heterocycles. The van der Waals surface area contributed by atoms with Crippen molar-refractivity contribution >= 4 is 27.5 Å². The molecule has 1 amide bonds. The van der Waals surface area contributed by atoms with Crippen LogP contribution in [0.3, 0.4) is 0 Å². The van der Waals surface area contributed by atoms with Crippen molar-refractivity contribution < 1.29 is 22.5 Å². The Hall–Kier alpha value is -1.91. The average Bonchev–Trinajstić information content (AvgIpc) is 3.26. The molecule has 1 fully saturated rings. The van der Waals surface area contributed by atoms with E-state index in [-0.39, 0.29) is 17.3 Å². The van der Waals surface area contributed by atoms with Gasteiger partial charge in [-0.2, -0.15) is 4.31 Å². The van der Waals surface area contributed by atoms with Crippen LogP contribution in [0.25, 0.3) is 10.6 Å². The molecule has 0 bridgehead atoms. The molecule has 0 unspecified atom stereocenters. The fourth-order valence-corrected chi connectivity index (χ4v) is 5.23. The second-order valence-electron chi connectivity index (χ2n) is 5.09. The van der Waals surface area contributed by atoms with Gasteiger partial charge in [-0.25, -0.2) is 13.2 Å². The number of ether oxygens (including phenoxy) is 1. The van der Waals surface area contributed by atoms with Crippen LogP contribution in [0.1, 0.15) is 6.92 Å². The Labute approximate surface area is 143 Å². The third-order valence-electron chi connectivity index (χ3n) is 3.62. The predicted molar refractivity (Wildman–Crippen MR) is 87.2 cm³/mol. The molecule has 0 saturated carbocycles. The zero-order valence-corrected chi connectivity index (χ0v) is 14.7. The normalized spacial score (nSPS) is 16.3. The van der Waals surface area contributed by atoms with E-state index in [4.69, 9.17) is 9.26 Å². The quantitative estimate of drug-likeness (QED) is 0.814. The summed E-state index contributed by atoms with van der Waals surface area (Å²) >= 11 is 1.14. The third kappa shape index (κ3) is 3.30. The van der Waals surface area contributed by atoms with E-state index in [0.29, 0.717) is 30.3 Å². The number of rotatable bonds is 4. The minimum absolute atomic E-state index is 0.247. The van der Waals surface area contributed by atoms with Crippen LogP contribution in [0.5, 0.6) is 0 Å². The fraction of sp³-hybridized carbons (Fsp3) is 0.429. The van der Waals surface area contributed by atoms with E-state index in [2.05, 4.69) is 5.16 Å². The molecule has 3 heterocycles. The zero-order chi connectivity index (χ0) is 17.2. The molecule has 3 rings (SSSR count). The molecule has 0 atom stereocenters. The maximum absolute atomic E-state index is 12.7. The van der Waals surface area contributed by atoms with Crippen LogP contribution in [-0.2, 0) is 14.8 Å². The molecule has 130 valence electrons. The Morgan fingerprint density at radius 3 is 2.67 bits per heavy atom. The Morgan fingerprint density at radius 2 is 2.04 bits per heavy atom. The molecular weight excluding hydrogens is 354 g/mol. The number of aromatic nitrogens is 1. The van der Waals surface area contributed by atoms with Gasteiger partial charge < -0.3 is 14.2 Å². The second-order valence-corrected chi connectivity index (χ2v) is 8.33. The predicted octanol–water partition coefficient (Wildman–Crippen LogP) is 1.87. The molecule has 0 spiro atoms.